The van der Waals surface area contributed by atoms with Gasteiger partial charge in [-0.25, -0.2) is 0 Å². The fourth-order valence-corrected chi connectivity index (χ4v) is 2.37. The lowest BCUT2D eigenvalue weighted by Gasteiger charge is -2.39. The largest absolute Gasteiger partial charge is 0.460 e. The summed E-state index contributed by atoms with van der Waals surface area (Å²) in [5, 5.41) is 6.50. The Kier molecular flexibility index (Phi) is 6.53. The number of halogens is 13. The third-order valence-corrected chi connectivity index (χ3v) is 4.21. The summed E-state index contributed by atoms with van der Waals surface area (Å²) in [6.45, 7) is 0. The van der Waals surface area contributed by atoms with Crippen molar-refractivity contribution in [3.63, 3.8) is 0 Å². The Morgan fingerprint density at radius 1 is 0.455 bits per heavy atom. The molecule has 2 aromatic carbocycles. The molecule has 2 rings (SSSR count). The first-order chi connectivity index (χ1) is 14.8. The Labute approximate surface area is 175 Å². The number of hydrogen-bond donors (Lipinski definition) is 0. The lowest BCUT2D eigenvalue weighted by Crippen LogP contribution is -2.69. The van der Waals surface area contributed by atoms with Crippen LogP contribution in [0.4, 0.5) is 68.5 Å². The number of nitrogens with zero attached hydrogens (tertiary/aromatic N) is 2. The van der Waals surface area contributed by atoms with Gasteiger partial charge in [0.1, 0.15) is 0 Å². The summed E-state index contributed by atoms with van der Waals surface area (Å²) in [5.41, 5.74) is -3.50. The lowest BCUT2D eigenvalue weighted by atomic mass is 9.90. The Balaban J connectivity index is 2.60. The maximum Gasteiger partial charge on any atom is 0.460 e. The highest BCUT2D eigenvalue weighted by Gasteiger charge is 2.91. The molecule has 0 N–H and O–H groups in total. The van der Waals surface area contributed by atoms with Crippen molar-refractivity contribution in [3.8, 4) is 0 Å². The van der Waals surface area contributed by atoms with Crippen LogP contribution in [0.15, 0.2) is 64.8 Å². The predicted octanol–water partition coefficient (Wildman–Crippen LogP) is 8.30. The zero-order valence-corrected chi connectivity index (χ0v) is 15.5. The molecule has 0 unspecified atom stereocenters. The second-order valence-electron chi connectivity index (χ2n) is 6.42. The molecule has 0 aromatic heterocycles. The fourth-order valence-electron chi connectivity index (χ4n) is 2.37. The first-order valence-corrected chi connectivity index (χ1v) is 8.34. The first kappa shape index (κ1) is 26.4. The molecule has 0 aliphatic carbocycles. The van der Waals surface area contributed by atoms with Gasteiger partial charge in [-0.15, -0.1) is 0 Å². The van der Waals surface area contributed by atoms with Crippen molar-refractivity contribution in [2.75, 3.05) is 0 Å². The van der Waals surface area contributed by atoms with Crippen LogP contribution in [0.5, 0.6) is 0 Å². The molecule has 2 aromatic rings. The van der Waals surface area contributed by atoms with Gasteiger partial charge in [-0.3, -0.25) is 0 Å². The summed E-state index contributed by atoms with van der Waals surface area (Å²) < 4.78 is 174. The number of benzene rings is 2. The second-order valence-corrected chi connectivity index (χ2v) is 6.42. The van der Waals surface area contributed by atoms with Crippen molar-refractivity contribution in [3.05, 3.63) is 60.2 Å². The molecule has 0 atom stereocenters. The molecule has 0 aliphatic rings. The minimum atomic E-state index is -7.97. The Hall–Kier alpha value is -2.87. The number of azo groups is 1. The van der Waals surface area contributed by atoms with E-state index < -0.39 is 47.0 Å². The average molecular weight is 500 g/mol. The van der Waals surface area contributed by atoms with Crippen LogP contribution in [-0.4, -0.2) is 29.9 Å². The van der Waals surface area contributed by atoms with E-state index in [0.29, 0.717) is 12.1 Å². The van der Waals surface area contributed by atoms with Crippen molar-refractivity contribution in [2.45, 2.75) is 35.8 Å². The van der Waals surface area contributed by atoms with Crippen molar-refractivity contribution in [1.82, 2.24) is 0 Å². The summed E-state index contributed by atoms with van der Waals surface area (Å²) in [4.78, 5) is 0. The van der Waals surface area contributed by atoms with E-state index in [4.69, 9.17) is 0 Å². The van der Waals surface area contributed by atoms with Gasteiger partial charge in [0.05, 0.1) is 16.9 Å². The highest BCUT2D eigenvalue weighted by molar-refractivity contribution is 5.50. The monoisotopic (exact) mass is 500 g/mol. The van der Waals surface area contributed by atoms with Gasteiger partial charge >= 0.3 is 35.8 Å². The average Bonchev–Trinajstić information content (AvgIpc) is 2.71. The highest BCUT2D eigenvalue weighted by Crippen LogP contribution is 2.62. The smallest absolute Gasteiger partial charge is 0.194 e. The zero-order chi connectivity index (χ0) is 25.5. The fraction of sp³-hybridized carbons (Fsp3) is 0.333. The molecular formula is C18H9F13N2. The molecular weight excluding hydrogens is 491 g/mol. The molecule has 15 heteroatoms. The van der Waals surface area contributed by atoms with E-state index in [9.17, 15) is 57.1 Å². The molecule has 0 aliphatic heterocycles. The van der Waals surface area contributed by atoms with Gasteiger partial charge in [-0.05, 0) is 18.2 Å². The van der Waals surface area contributed by atoms with Crippen LogP contribution in [0, 0.1) is 0 Å². The third kappa shape index (κ3) is 4.12. The lowest BCUT2D eigenvalue weighted by molar-refractivity contribution is -0.441. The van der Waals surface area contributed by atoms with Crippen molar-refractivity contribution >= 4 is 11.4 Å². The summed E-state index contributed by atoms with van der Waals surface area (Å²) >= 11 is 0. The quantitative estimate of drug-likeness (QED) is 0.270. The SMILES string of the molecule is FC(F)(F)C(F)(F)C(F)(F)C(F)(F)C(F)(F)C(F)(F)c1ccccc1N=Nc1ccccc1. The molecule has 0 amide bonds. The topological polar surface area (TPSA) is 24.7 Å². The normalized spacial score (nSPS) is 14.7. The molecule has 0 fully saturated rings. The van der Waals surface area contributed by atoms with Gasteiger partial charge in [0.15, 0.2) is 0 Å². The molecule has 0 bridgehead atoms. The van der Waals surface area contributed by atoms with Crippen molar-refractivity contribution in [1.29, 1.82) is 0 Å². The Morgan fingerprint density at radius 2 is 0.909 bits per heavy atom. The molecule has 0 spiro atoms. The summed E-state index contributed by atoms with van der Waals surface area (Å²) in [5.74, 6) is -37.5. The van der Waals surface area contributed by atoms with Crippen molar-refractivity contribution in [2.24, 2.45) is 10.2 Å². The molecule has 0 saturated carbocycles. The van der Waals surface area contributed by atoms with Crippen LogP contribution in [0.2, 0.25) is 0 Å². The molecule has 0 saturated heterocycles. The van der Waals surface area contributed by atoms with Crippen molar-refractivity contribution < 1.29 is 57.1 Å². The standard InChI is InChI=1S/C18H9F13N2/c19-13(20,11-8-4-5-9-12(11)33-32-10-6-2-1-3-7-10)14(21,22)15(23,24)16(25,26)17(27,28)18(29,30)31/h1-9H. The van der Waals surface area contributed by atoms with E-state index in [0.717, 1.165) is 6.07 Å². The third-order valence-electron chi connectivity index (χ3n) is 4.21. The molecule has 182 valence electrons. The van der Waals surface area contributed by atoms with E-state index >= 15 is 0 Å². The van der Waals surface area contributed by atoms with Gasteiger partial charge in [0.25, 0.3) is 0 Å². The number of hydrogen-bond acceptors (Lipinski definition) is 2. The van der Waals surface area contributed by atoms with Gasteiger partial charge in [0, 0.05) is 0 Å². The maximum absolute atomic E-state index is 14.4. The Bertz CT molecular complexity index is 998. The first-order valence-electron chi connectivity index (χ1n) is 8.34. The van der Waals surface area contributed by atoms with E-state index in [1.165, 1.54) is 30.3 Å². The van der Waals surface area contributed by atoms with Gasteiger partial charge < -0.3 is 0 Å². The number of alkyl halides is 13. The van der Waals surface area contributed by atoms with Crippen LogP contribution in [-0.2, 0) is 5.92 Å². The predicted molar refractivity (Wildman–Crippen MR) is 86.8 cm³/mol. The van der Waals surface area contributed by atoms with Crippen LogP contribution in [0.1, 0.15) is 5.56 Å². The van der Waals surface area contributed by atoms with Gasteiger partial charge in [-0.2, -0.15) is 67.3 Å². The summed E-state index contributed by atoms with van der Waals surface area (Å²) in [7, 11) is 0. The van der Waals surface area contributed by atoms with Gasteiger partial charge in [-0.1, -0.05) is 36.4 Å². The summed E-state index contributed by atoms with van der Waals surface area (Å²) in [6.07, 6.45) is -7.47. The minimum Gasteiger partial charge on any atom is -0.194 e. The molecule has 33 heavy (non-hydrogen) atoms. The second kappa shape index (κ2) is 8.17. The van der Waals surface area contributed by atoms with E-state index in [1.807, 2.05) is 0 Å². The Morgan fingerprint density at radius 3 is 1.42 bits per heavy atom. The van der Waals surface area contributed by atoms with Crippen LogP contribution < -0.4 is 0 Å². The molecule has 0 radical (unpaired) electrons. The summed E-state index contributed by atoms with van der Waals surface area (Å²) in [6, 6.07) is 8.71. The maximum atomic E-state index is 14.4. The van der Waals surface area contributed by atoms with Crippen LogP contribution >= 0.6 is 0 Å². The highest BCUT2D eigenvalue weighted by atomic mass is 19.4. The van der Waals surface area contributed by atoms with E-state index in [-0.39, 0.29) is 11.8 Å². The van der Waals surface area contributed by atoms with Crippen LogP contribution in [0.3, 0.4) is 0 Å². The number of rotatable bonds is 7. The minimum absolute atomic E-state index is 0.0172. The zero-order valence-electron chi connectivity index (χ0n) is 15.5. The molecule has 2 nitrogen and oxygen atoms in total. The molecule has 0 heterocycles. The van der Waals surface area contributed by atoms with Crippen LogP contribution in [0.25, 0.3) is 0 Å². The van der Waals surface area contributed by atoms with E-state index in [1.54, 1.807) is 0 Å². The van der Waals surface area contributed by atoms with Gasteiger partial charge in [0.2, 0.25) is 0 Å². The van der Waals surface area contributed by atoms with E-state index in [2.05, 4.69) is 10.2 Å².